The maximum atomic E-state index is 14.2. The molecule has 0 amide bonds. The van der Waals surface area contributed by atoms with Crippen LogP contribution in [0.5, 0.6) is 5.75 Å². The number of aromatic nitrogens is 2. The Morgan fingerprint density at radius 2 is 1.73 bits per heavy atom. The summed E-state index contributed by atoms with van der Waals surface area (Å²) in [6, 6.07) is 14.3. The molecule has 0 aliphatic heterocycles. The molecule has 0 spiro atoms. The molecule has 0 saturated heterocycles. The van der Waals surface area contributed by atoms with Crippen molar-refractivity contribution >= 4 is 11.6 Å². The van der Waals surface area contributed by atoms with Crippen molar-refractivity contribution in [1.29, 1.82) is 0 Å². The molecule has 0 aliphatic carbocycles. The molecule has 5 heteroatoms. The Morgan fingerprint density at radius 1 is 1.00 bits per heavy atom. The molecule has 0 aliphatic rings. The second kappa shape index (κ2) is 6.54. The lowest BCUT2D eigenvalue weighted by atomic mass is 10.2. The van der Waals surface area contributed by atoms with Crippen LogP contribution in [-0.4, -0.2) is 9.97 Å². The van der Waals surface area contributed by atoms with Gasteiger partial charge in [0.1, 0.15) is 18.2 Å². The lowest BCUT2D eigenvalue weighted by Gasteiger charge is -2.08. The molecule has 3 rings (SSSR count). The minimum Gasteiger partial charge on any atom is -0.489 e. The lowest BCUT2D eigenvalue weighted by molar-refractivity contribution is 0.304. The number of ether oxygens (including phenoxy) is 1. The molecule has 2 aromatic carbocycles. The summed E-state index contributed by atoms with van der Waals surface area (Å²) in [5.74, 6) is 0.309. The van der Waals surface area contributed by atoms with E-state index in [2.05, 4.69) is 9.97 Å². The number of benzene rings is 2. The van der Waals surface area contributed by atoms with Gasteiger partial charge in [-0.05, 0) is 17.7 Å². The number of rotatable bonds is 4. The summed E-state index contributed by atoms with van der Waals surface area (Å²) in [5.41, 5.74) is 1.33. The molecule has 0 N–H and O–H groups in total. The Balaban J connectivity index is 1.76. The molecule has 0 saturated carbocycles. The van der Waals surface area contributed by atoms with Gasteiger partial charge in [0.05, 0.1) is 10.6 Å². The molecule has 0 unspecified atom stereocenters. The third-order valence-corrected chi connectivity index (χ3v) is 3.25. The van der Waals surface area contributed by atoms with Gasteiger partial charge >= 0.3 is 0 Å². The Hall–Kier alpha value is -2.46. The summed E-state index contributed by atoms with van der Waals surface area (Å²) in [4.78, 5) is 8.02. The molecule has 0 fully saturated rings. The van der Waals surface area contributed by atoms with E-state index in [1.807, 2.05) is 30.3 Å². The lowest BCUT2D eigenvalue weighted by Crippen LogP contribution is -1.97. The normalized spacial score (nSPS) is 10.5. The first kappa shape index (κ1) is 14.5. The van der Waals surface area contributed by atoms with Crippen molar-refractivity contribution < 1.29 is 9.13 Å². The maximum absolute atomic E-state index is 14.2. The molecule has 1 heterocycles. The van der Waals surface area contributed by atoms with Crippen LogP contribution in [0, 0.1) is 5.82 Å². The molecular formula is C17H12ClFN2O. The highest BCUT2D eigenvalue weighted by molar-refractivity contribution is 6.30. The van der Waals surface area contributed by atoms with Crippen LogP contribution >= 0.6 is 11.6 Å². The van der Waals surface area contributed by atoms with Crippen LogP contribution in [-0.2, 0) is 6.61 Å². The Bertz CT molecular complexity index is 763. The molecule has 110 valence electrons. The smallest absolute Gasteiger partial charge is 0.162 e. The summed E-state index contributed by atoms with van der Waals surface area (Å²) < 4.78 is 19.8. The molecule has 3 nitrogen and oxygen atoms in total. The van der Waals surface area contributed by atoms with E-state index in [4.69, 9.17) is 16.3 Å². The van der Waals surface area contributed by atoms with Crippen molar-refractivity contribution in [3.63, 3.8) is 0 Å². The van der Waals surface area contributed by atoms with Gasteiger partial charge in [-0.25, -0.2) is 14.4 Å². The fourth-order valence-corrected chi connectivity index (χ4v) is 2.06. The SMILES string of the molecule is Fc1cc(OCc2ccccc2)ccc1-c1ncc(Cl)cn1. The van der Waals surface area contributed by atoms with E-state index in [1.165, 1.54) is 18.5 Å². The Morgan fingerprint density at radius 3 is 2.41 bits per heavy atom. The highest BCUT2D eigenvalue weighted by Gasteiger charge is 2.09. The van der Waals surface area contributed by atoms with E-state index < -0.39 is 5.82 Å². The fraction of sp³-hybridized carbons (Fsp3) is 0.0588. The maximum Gasteiger partial charge on any atom is 0.162 e. The summed E-state index contributed by atoms with van der Waals surface area (Å²) in [5, 5.41) is 0.409. The zero-order valence-electron chi connectivity index (χ0n) is 11.5. The summed E-state index contributed by atoms with van der Waals surface area (Å²) >= 11 is 5.72. The van der Waals surface area contributed by atoms with Gasteiger partial charge in [0, 0.05) is 18.5 Å². The number of halogens is 2. The second-order valence-electron chi connectivity index (χ2n) is 4.64. The largest absolute Gasteiger partial charge is 0.489 e. The van der Waals surface area contributed by atoms with E-state index in [0.29, 0.717) is 22.9 Å². The molecule has 0 atom stereocenters. The van der Waals surface area contributed by atoms with Crippen LogP contribution in [0.2, 0.25) is 5.02 Å². The Kier molecular flexibility index (Phi) is 4.30. The molecule has 0 radical (unpaired) electrons. The number of hydrogen-bond acceptors (Lipinski definition) is 3. The third-order valence-electron chi connectivity index (χ3n) is 3.05. The van der Waals surface area contributed by atoms with Crippen LogP contribution in [0.1, 0.15) is 5.56 Å². The number of nitrogens with zero attached hydrogens (tertiary/aromatic N) is 2. The molecule has 3 aromatic rings. The van der Waals surface area contributed by atoms with Crippen molar-refractivity contribution in [2.24, 2.45) is 0 Å². The van der Waals surface area contributed by atoms with Gasteiger partial charge in [-0.2, -0.15) is 0 Å². The van der Waals surface area contributed by atoms with Crippen LogP contribution in [0.3, 0.4) is 0 Å². The quantitative estimate of drug-likeness (QED) is 0.710. The summed E-state index contributed by atoms with van der Waals surface area (Å²) in [6.07, 6.45) is 2.87. The third kappa shape index (κ3) is 3.40. The van der Waals surface area contributed by atoms with Crippen molar-refractivity contribution in [2.45, 2.75) is 6.61 Å². The first-order valence-corrected chi connectivity index (χ1v) is 7.04. The minimum atomic E-state index is -0.437. The van der Waals surface area contributed by atoms with Gasteiger partial charge in [-0.15, -0.1) is 0 Å². The zero-order chi connectivity index (χ0) is 15.4. The van der Waals surface area contributed by atoms with E-state index in [1.54, 1.807) is 12.1 Å². The van der Waals surface area contributed by atoms with Gasteiger partial charge in [0.15, 0.2) is 5.82 Å². The van der Waals surface area contributed by atoms with E-state index in [9.17, 15) is 4.39 Å². The highest BCUT2D eigenvalue weighted by atomic mass is 35.5. The van der Waals surface area contributed by atoms with Crippen LogP contribution in [0.15, 0.2) is 60.9 Å². The number of hydrogen-bond donors (Lipinski definition) is 0. The van der Waals surface area contributed by atoms with E-state index in [-0.39, 0.29) is 5.82 Å². The van der Waals surface area contributed by atoms with Gasteiger partial charge in [-0.1, -0.05) is 41.9 Å². The first-order chi connectivity index (χ1) is 10.7. The molecule has 0 bridgehead atoms. The van der Waals surface area contributed by atoms with Crippen LogP contribution in [0.4, 0.5) is 4.39 Å². The van der Waals surface area contributed by atoms with Crippen LogP contribution < -0.4 is 4.74 Å². The summed E-state index contributed by atoms with van der Waals surface area (Å²) in [7, 11) is 0. The van der Waals surface area contributed by atoms with Crippen molar-refractivity contribution in [3.8, 4) is 17.1 Å². The molecule has 22 heavy (non-hydrogen) atoms. The summed E-state index contributed by atoms with van der Waals surface area (Å²) in [6.45, 7) is 0.386. The van der Waals surface area contributed by atoms with Gasteiger partial charge in [0.25, 0.3) is 0 Å². The monoisotopic (exact) mass is 314 g/mol. The van der Waals surface area contributed by atoms with Crippen LogP contribution in [0.25, 0.3) is 11.4 Å². The first-order valence-electron chi connectivity index (χ1n) is 6.66. The van der Waals surface area contributed by atoms with Crippen molar-refractivity contribution in [2.75, 3.05) is 0 Å². The Labute approximate surface area is 132 Å². The average Bonchev–Trinajstić information content (AvgIpc) is 2.55. The standard InChI is InChI=1S/C17H12ClFN2O/c18-13-9-20-17(21-10-13)15-7-6-14(8-16(15)19)22-11-12-4-2-1-3-5-12/h1-10H,11H2. The predicted molar refractivity (Wildman–Crippen MR) is 83.2 cm³/mol. The van der Waals surface area contributed by atoms with Gasteiger partial charge in [0.2, 0.25) is 0 Å². The predicted octanol–water partition coefficient (Wildman–Crippen LogP) is 4.52. The molecular weight excluding hydrogens is 303 g/mol. The second-order valence-corrected chi connectivity index (χ2v) is 5.08. The van der Waals surface area contributed by atoms with Crippen molar-refractivity contribution in [1.82, 2.24) is 9.97 Å². The fourth-order valence-electron chi connectivity index (χ4n) is 1.96. The van der Waals surface area contributed by atoms with E-state index >= 15 is 0 Å². The van der Waals surface area contributed by atoms with Gasteiger partial charge < -0.3 is 4.74 Å². The zero-order valence-corrected chi connectivity index (χ0v) is 12.3. The highest BCUT2D eigenvalue weighted by Crippen LogP contribution is 2.24. The van der Waals surface area contributed by atoms with E-state index in [0.717, 1.165) is 5.56 Å². The minimum absolute atomic E-state index is 0.288. The average molecular weight is 315 g/mol. The van der Waals surface area contributed by atoms with Gasteiger partial charge in [-0.3, -0.25) is 0 Å². The topological polar surface area (TPSA) is 35.0 Å². The van der Waals surface area contributed by atoms with Crippen molar-refractivity contribution in [3.05, 3.63) is 77.3 Å². The molecule has 1 aromatic heterocycles.